The molecule has 0 aromatic heterocycles. The highest BCUT2D eigenvalue weighted by Gasteiger charge is 2.36. The molecule has 5 heteroatoms. The van der Waals surface area contributed by atoms with Crippen LogP contribution in [0.5, 0.6) is 0 Å². The fourth-order valence-electron chi connectivity index (χ4n) is 1.49. The third kappa shape index (κ3) is 4.24. The van der Waals surface area contributed by atoms with Crippen molar-refractivity contribution >= 4 is 11.8 Å². The summed E-state index contributed by atoms with van der Waals surface area (Å²) in [5, 5.41) is 3.39. The second-order valence-corrected chi connectivity index (χ2v) is 5.74. The Labute approximate surface area is 103 Å². The molecule has 1 fully saturated rings. The van der Waals surface area contributed by atoms with Gasteiger partial charge in [0.2, 0.25) is 0 Å². The summed E-state index contributed by atoms with van der Waals surface area (Å²) >= 11 is -0.0750. The predicted molar refractivity (Wildman–Crippen MR) is 62.8 cm³/mol. The zero-order valence-electron chi connectivity index (χ0n) is 9.47. The van der Waals surface area contributed by atoms with E-state index in [0.29, 0.717) is 6.54 Å². The minimum atomic E-state index is -4.21. The molecule has 0 amide bonds. The SMILES string of the molecule is CC1(NCc2ccc(SC(F)(F)F)cc2)CC1. The molecule has 1 aliphatic carbocycles. The quantitative estimate of drug-likeness (QED) is 0.824. The molecule has 1 aliphatic rings. The smallest absolute Gasteiger partial charge is 0.307 e. The van der Waals surface area contributed by atoms with E-state index in [9.17, 15) is 13.2 Å². The van der Waals surface area contributed by atoms with Gasteiger partial charge in [-0.25, -0.2) is 0 Å². The van der Waals surface area contributed by atoms with Gasteiger partial charge in [-0.2, -0.15) is 13.2 Å². The first-order chi connectivity index (χ1) is 7.86. The Balaban J connectivity index is 1.89. The molecule has 0 radical (unpaired) electrons. The fraction of sp³-hybridized carbons (Fsp3) is 0.500. The zero-order chi connectivity index (χ0) is 12.5. The Kier molecular flexibility index (Phi) is 3.41. The van der Waals surface area contributed by atoms with Gasteiger partial charge in [0.25, 0.3) is 0 Å². The van der Waals surface area contributed by atoms with Crippen LogP contribution in [0.3, 0.4) is 0 Å². The van der Waals surface area contributed by atoms with Crippen LogP contribution in [-0.2, 0) is 6.54 Å². The van der Waals surface area contributed by atoms with Crippen LogP contribution >= 0.6 is 11.8 Å². The third-order valence-corrected chi connectivity index (χ3v) is 3.62. The summed E-state index contributed by atoms with van der Waals surface area (Å²) in [4.78, 5) is 0.235. The maximum absolute atomic E-state index is 12.1. The molecule has 1 saturated carbocycles. The minimum Gasteiger partial charge on any atom is -0.307 e. The lowest BCUT2D eigenvalue weighted by atomic mass is 10.2. The van der Waals surface area contributed by atoms with Crippen LogP contribution in [0.1, 0.15) is 25.3 Å². The Bertz CT molecular complexity index is 382. The van der Waals surface area contributed by atoms with E-state index < -0.39 is 5.51 Å². The minimum absolute atomic E-state index is 0.0750. The van der Waals surface area contributed by atoms with Crippen LogP contribution in [0, 0.1) is 0 Å². The molecular weight excluding hydrogens is 247 g/mol. The summed E-state index contributed by atoms with van der Waals surface area (Å²) in [6.07, 6.45) is 2.35. The summed E-state index contributed by atoms with van der Waals surface area (Å²) in [7, 11) is 0. The van der Waals surface area contributed by atoms with Crippen molar-refractivity contribution in [2.24, 2.45) is 0 Å². The van der Waals surface area contributed by atoms with Gasteiger partial charge in [-0.15, -0.1) is 0 Å². The van der Waals surface area contributed by atoms with Gasteiger partial charge in [-0.05, 0) is 49.2 Å². The highest BCUT2D eigenvalue weighted by atomic mass is 32.2. The van der Waals surface area contributed by atoms with Crippen molar-refractivity contribution in [1.82, 2.24) is 5.32 Å². The van der Waals surface area contributed by atoms with E-state index in [4.69, 9.17) is 0 Å². The van der Waals surface area contributed by atoms with Crippen LogP contribution in [-0.4, -0.2) is 11.0 Å². The highest BCUT2D eigenvalue weighted by molar-refractivity contribution is 8.00. The van der Waals surface area contributed by atoms with E-state index in [1.807, 2.05) is 0 Å². The van der Waals surface area contributed by atoms with E-state index >= 15 is 0 Å². The molecule has 17 heavy (non-hydrogen) atoms. The maximum Gasteiger partial charge on any atom is 0.446 e. The number of benzene rings is 1. The predicted octanol–water partition coefficient (Wildman–Crippen LogP) is 3.94. The van der Waals surface area contributed by atoms with Crippen molar-refractivity contribution in [1.29, 1.82) is 0 Å². The third-order valence-electron chi connectivity index (χ3n) is 2.88. The standard InChI is InChI=1S/C12H14F3NS/c1-11(6-7-11)16-8-9-2-4-10(5-3-9)17-12(13,14)15/h2-5,16H,6-8H2,1H3. The van der Waals surface area contributed by atoms with Gasteiger partial charge >= 0.3 is 5.51 Å². The molecule has 0 heterocycles. The zero-order valence-corrected chi connectivity index (χ0v) is 10.3. The van der Waals surface area contributed by atoms with E-state index in [1.54, 1.807) is 12.1 Å². The van der Waals surface area contributed by atoms with Crippen molar-refractivity contribution in [3.8, 4) is 0 Å². The van der Waals surface area contributed by atoms with E-state index in [0.717, 1.165) is 5.56 Å². The Morgan fingerprint density at radius 3 is 2.29 bits per heavy atom. The van der Waals surface area contributed by atoms with Crippen LogP contribution in [0.15, 0.2) is 29.2 Å². The van der Waals surface area contributed by atoms with Gasteiger partial charge in [0.1, 0.15) is 0 Å². The van der Waals surface area contributed by atoms with Gasteiger partial charge < -0.3 is 5.32 Å². The second-order valence-electron chi connectivity index (χ2n) is 4.61. The van der Waals surface area contributed by atoms with Gasteiger partial charge in [0.15, 0.2) is 0 Å². The first-order valence-corrected chi connectivity index (χ1v) is 6.28. The Morgan fingerprint density at radius 2 is 1.82 bits per heavy atom. The van der Waals surface area contributed by atoms with Gasteiger partial charge in [-0.3, -0.25) is 0 Å². The van der Waals surface area contributed by atoms with E-state index in [1.165, 1.54) is 25.0 Å². The lowest BCUT2D eigenvalue weighted by Gasteiger charge is -2.11. The number of alkyl halides is 3. The Hall–Kier alpha value is -0.680. The fourth-order valence-corrected chi connectivity index (χ4v) is 2.03. The van der Waals surface area contributed by atoms with Crippen LogP contribution in [0.2, 0.25) is 0 Å². The molecule has 2 rings (SSSR count). The van der Waals surface area contributed by atoms with Crippen molar-refractivity contribution < 1.29 is 13.2 Å². The van der Waals surface area contributed by atoms with Gasteiger partial charge in [0.05, 0.1) is 0 Å². The number of rotatable bonds is 4. The van der Waals surface area contributed by atoms with Gasteiger partial charge in [-0.1, -0.05) is 12.1 Å². The average molecular weight is 261 g/mol. The number of nitrogens with one attached hydrogen (secondary N) is 1. The summed E-state index contributed by atoms with van der Waals surface area (Å²) < 4.78 is 36.3. The average Bonchev–Trinajstić information content (AvgIpc) is 2.94. The molecule has 0 spiro atoms. The monoisotopic (exact) mass is 261 g/mol. The van der Waals surface area contributed by atoms with E-state index in [-0.39, 0.29) is 22.2 Å². The van der Waals surface area contributed by atoms with Crippen LogP contribution < -0.4 is 5.32 Å². The van der Waals surface area contributed by atoms with Crippen molar-refractivity contribution in [2.75, 3.05) is 0 Å². The maximum atomic E-state index is 12.1. The molecular formula is C12H14F3NS. The first kappa shape index (κ1) is 12.8. The number of hydrogen-bond acceptors (Lipinski definition) is 2. The molecule has 0 bridgehead atoms. The Morgan fingerprint density at radius 1 is 1.24 bits per heavy atom. The van der Waals surface area contributed by atoms with Crippen molar-refractivity contribution in [2.45, 2.75) is 42.3 Å². The topological polar surface area (TPSA) is 12.0 Å². The number of hydrogen-bond donors (Lipinski definition) is 1. The lowest BCUT2D eigenvalue weighted by Crippen LogP contribution is -2.26. The van der Waals surface area contributed by atoms with Crippen molar-refractivity contribution in [3.63, 3.8) is 0 Å². The normalized spacial score (nSPS) is 18.1. The van der Waals surface area contributed by atoms with Crippen molar-refractivity contribution in [3.05, 3.63) is 29.8 Å². The lowest BCUT2D eigenvalue weighted by molar-refractivity contribution is -0.0328. The molecule has 1 N–H and O–H groups in total. The van der Waals surface area contributed by atoms with Gasteiger partial charge in [0, 0.05) is 17.0 Å². The molecule has 0 saturated heterocycles. The van der Waals surface area contributed by atoms with E-state index in [2.05, 4.69) is 12.2 Å². The molecule has 1 aromatic carbocycles. The highest BCUT2D eigenvalue weighted by Crippen LogP contribution is 2.37. The molecule has 1 aromatic rings. The summed E-state index contributed by atoms with van der Waals surface area (Å²) in [6, 6.07) is 6.52. The summed E-state index contributed by atoms with van der Waals surface area (Å²) in [5.41, 5.74) is -2.94. The van der Waals surface area contributed by atoms with Crippen LogP contribution in [0.25, 0.3) is 0 Å². The molecule has 1 nitrogen and oxygen atoms in total. The molecule has 94 valence electrons. The number of halogens is 3. The largest absolute Gasteiger partial charge is 0.446 e. The molecule has 0 atom stereocenters. The first-order valence-electron chi connectivity index (χ1n) is 5.46. The number of thioether (sulfide) groups is 1. The molecule has 0 aliphatic heterocycles. The molecule has 0 unspecified atom stereocenters. The second kappa shape index (κ2) is 4.53. The summed E-state index contributed by atoms with van der Waals surface area (Å²) in [6.45, 7) is 2.87. The summed E-state index contributed by atoms with van der Waals surface area (Å²) in [5.74, 6) is 0. The van der Waals surface area contributed by atoms with Crippen LogP contribution in [0.4, 0.5) is 13.2 Å².